The Morgan fingerprint density at radius 2 is 1.70 bits per heavy atom. The number of hydrogen-bond acceptors (Lipinski definition) is 5. The van der Waals surface area contributed by atoms with Crippen LogP contribution in [0.15, 0.2) is 47.4 Å². The molecule has 0 aromatic heterocycles. The van der Waals surface area contributed by atoms with E-state index >= 15 is 0 Å². The minimum Gasteiger partial charge on any atom is -0.497 e. The molecule has 1 atom stereocenters. The van der Waals surface area contributed by atoms with Crippen LogP contribution < -0.4 is 15.4 Å². The third-order valence-electron chi connectivity index (χ3n) is 5.93. The van der Waals surface area contributed by atoms with Crippen LogP contribution in [0.2, 0.25) is 0 Å². The number of aryl methyl sites for hydroxylation is 2. The summed E-state index contributed by atoms with van der Waals surface area (Å²) in [6.07, 6.45) is 2.84. The fourth-order valence-electron chi connectivity index (χ4n) is 4.08. The zero-order chi connectivity index (χ0) is 24.0. The van der Waals surface area contributed by atoms with E-state index in [0.717, 1.165) is 24.0 Å². The first-order valence-electron chi connectivity index (χ1n) is 11.1. The molecule has 2 N–H and O–H groups in total. The Kier molecular flexibility index (Phi) is 8.10. The molecular formula is C24H31N3O5S. The number of sulfonamides is 1. The smallest absolute Gasteiger partial charge is 0.313 e. The highest BCUT2D eigenvalue weighted by Gasteiger charge is 2.33. The minimum atomic E-state index is -3.67. The Morgan fingerprint density at radius 3 is 2.33 bits per heavy atom. The quantitative estimate of drug-likeness (QED) is 0.602. The van der Waals surface area contributed by atoms with Gasteiger partial charge in [-0.2, -0.15) is 4.31 Å². The van der Waals surface area contributed by atoms with Crippen molar-refractivity contribution in [3.05, 3.63) is 53.6 Å². The molecule has 1 saturated heterocycles. The van der Waals surface area contributed by atoms with Gasteiger partial charge in [0.05, 0.1) is 12.0 Å². The number of amides is 2. The molecule has 1 aliphatic heterocycles. The second-order valence-electron chi connectivity index (χ2n) is 8.21. The number of piperidine rings is 1. The normalized spacial score (nSPS) is 16.8. The predicted molar refractivity (Wildman–Crippen MR) is 127 cm³/mol. The zero-order valence-electron chi connectivity index (χ0n) is 19.3. The van der Waals surface area contributed by atoms with Crippen molar-refractivity contribution in [2.45, 2.75) is 50.5 Å². The fourth-order valence-corrected chi connectivity index (χ4v) is 5.80. The number of carbonyl (C=O) groups excluding carboxylic acids is 2. The van der Waals surface area contributed by atoms with Crippen LogP contribution >= 0.6 is 0 Å². The molecule has 178 valence electrons. The third kappa shape index (κ3) is 5.91. The van der Waals surface area contributed by atoms with Gasteiger partial charge >= 0.3 is 11.8 Å². The van der Waals surface area contributed by atoms with Crippen LogP contribution in [-0.4, -0.2) is 50.8 Å². The van der Waals surface area contributed by atoms with Gasteiger partial charge in [-0.15, -0.1) is 0 Å². The van der Waals surface area contributed by atoms with Gasteiger partial charge in [-0.1, -0.05) is 24.6 Å². The molecule has 9 heteroatoms. The van der Waals surface area contributed by atoms with Crippen LogP contribution in [0, 0.1) is 13.8 Å². The van der Waals surface area contributed by atoms with E-state index < -0.39 is 21.8 Å². The molecule has 0 unspecified atom stereocenters. The predicted octanol–water partition coefficient (Wildman–Crippen LogP) is 3.00. The summed E-state index contributed by atoms with van der Waals surface area (Å²) in [5.74, 6) is -0.886. The van der Waals surface area contributed by atoms with Gasteiger partial charge in [-0.25, -0.2) is 8.42 Å². The van der Waals surface area contributed by atoms with Gasteiger partial charge in [0.15, 0.2) is 0 Å². The van der Waals surface area contributed by atoms with E-state index in [-0.39, 0.29) is 17.5 Å². The summed E-state index contributed by atoms with van der Waals surface area (Å²) in [5, 5.41) is 5.29. The van der Waals surface area contributed by atoms with Crippen LogP contribution in [0.5, 0.6) is 5.75 Å². The molecule has 0 aliphatic carbocycles. The number of carbonyl (C=O) groups is 2. The van der Waals surface area contributed by atoms with E-state index in [9.17, 15) is 18.0 Å². The summed E-state index contributed by atoms with van der Waals surface area (Å²) >= 11 is 0. The number of nitrogens with one attached hydrogen (secondary N) is 2. The molecule has 2 aromatic carbocycles. The van der Waals surface area contributed by atoms with E-state index in [0.29, 0.717) is 30.8 Å². The van der Waals surface area contributed by atoms with Crippen LogP contribution in [0.3, 0.4) is 0 Å². The number of methoxy groups -OCH3 is 1. The number of rotatable bonds is 7. The molecule has 0 spiro atoms. The number of hydrogen-bond donors (Lipinski definition) is 2. The maximum absolute atomic E-state index is 13.2. The summed E-state index contributed by atoms with van der Waals surface area (Å²) in [6, 6.07) is 11.7. The van der Waals surface area contributed by atoms with Crippen LogP contribution in [0.4, 0.5) is 5.69 Å². The largest absolute Gasteiger partial charge is 0.497 e. The molecule has 1 fully saturated rings. The Morgan fingerprint density at radius 1 is 1.03 bits per heavy atom. The van der Waals surface area contributed by atoms with Gasteiger partial charge in [-0.05, 0) is 68.5 Å². The van der Waals surface area contributed by atoms with Gasteiger partial charge in [0, 0.05) is 24.8 Å². The highest BCUT2D eigenvalue weighted by atomic mass is 32.2. The highest BCUT2D eigenvalue weighted by Crippen LogP contribution is 2.28. The van der Waals surface area contributed by atoms with Crippen LogP contribution in [-0.2, 0) is 19.6 Å². The average Bonchev–Trinajstić information content (AvgIpc) is 2.81. The van der Waals surface area contributed by atoms with E-state index in [1.165, 1.54) is 11.4 Å². The number of benzene rings is 2. The summed E-state index contributed by atoms with van der Waals surface area (Å²) in [6.45, 7) is 4.36. The number of para-hydroxylation sites is 1. The lowest BCUT2D eigenvalue weighted by atomic mass is 10.0. The van der Waals surface area contributed by atoms with Crippen molar-refractivity contribution >= 4 is 27.5 Å². The molecule has 1 heterocycles. The minimum absolute atomic E-state index is 0.207. The average molecular weight is 474 g/mol. The SMILES string of the molecule is COc1ccc(S(=O)(=O)N2CCCC[C@@H]2CCNC(=O)C(=O)Nc2c(C)cccc2C)cc1. The first-order chi connectivity index (χ1) is 15.7. The summed E-state index contributed by atoms with van der Waals surface area (Å²) in [5.41, 5.74) is 2.37. The Hall–Kier alpha value is -2.91. The summed E-state index contributed by atoms with van der Waals surface area (Å²) in [7, 11) is -2.14. The topological polar surface area (TPSA) is 105 Å². The second kappa shape index (κ2) is 10.8. The van der Waals surface area contributed by atoms with Crippen LogP contribution in [0.25, 0.3) is 0 Å². The Balaban J connectivity index is 1.59. The van der Waals surface area contributed by atoms with Gasteiger partial charge in [-0.3, -0.25) is 9.59 Å². The van der Waals surface area contributed by atoms with Crippen molar-refractivity contribution < 1.29 is 22.7 Å². The molecule has 0 radical (unpaired) electrons. The van der Waals surface area contributed by atoms with Crippen molar-refractivity contribution in [2.75, 3.05) is 25.5 Å². The van der Waals surface area contributed by atoms with Crippen LogP contribution in [0.1, 0.15) is 36.8 Å². The lowest BCUT2D eigenvalue weighted by Crippen LogP contribution is -2.45. The van der Waals surface area contributed by atoms with E-state index in [1.807, 2.05) is 32.0 Å². The van der Waals surface area contributed by atoms with Gasteiger partial charge in [0.25, 0.3) is 0 Å². The fraction of sp³-hybridized carbons (Fsp3) is 0.417. The van der Waals surface area contributed by atoms with Gasteiger partial charge < -0.3 is 15.4 Å². The van der Waals surface area contributed by atoms with Crippen molar-refractivity contribution in [3.8, 4) is 5.75 Å². The van der Waals surface area contributed by atoms with Gasteiger partial charge in [0.1, 0.15) is 5.75 Å². The van der Waals surface area contributed by atoms with E-state index in [2.05, 4.69) is 10.6 Å². The Bertz CT molecular complexity index is 1080. The highest BCUT2D eigenvalue weighted by molar-refractivity contribution is 7.89. The van der Waals surface area contributed by atoms with Crippen molar-refractivity contribution in [1.29, 1.82) is 0 Å². The van der Waals surface area contributed by atoms with Crippen molar-refractivity contribution in [3.63, 3.8) is 0 Å². The summed E-state index contributed by atoms with van der Waals surface area (Å²) in [4.78, 5) is 24.8. The second-order valence-corrected chi connectivity index (χ2v) is 10.1. The molecule has 3 rings (SSSR count). The Labute approximate surface area is 195 Å². The summed E-state index contributed by atoms with van der Waals surface area (Å²) < 4.78 is 33.0. The first kappa shape index (κ1) is 24.7. The standard InChI is InChI=1S/C24H31N3O5S/c1-17-7-6-8-18(2)22(17)26-24(29)23(28)25-15-14-19-9-4-5-16-27(19)33(30,31)21-12-10-20(32-3)11-13-21/h6-8,10-13,19H,4-5,9,14-16H2,1-3H3,(H,25,28)(H,26,29)/t19-/m1/s1. The molecule has 33 heavy (non-hydrogen) atoms. The number of ether oxygens (including phenoxy) is 1. The maximum Gasteiger partial charge on any atom is 0.313 e. The van der Waals surface area contributed by atoms with E-state index in [4.69, 9.17) is 4.74 Å². The number of anilines is 1. The third-order valence-corrected chi connectivity index (χ3v) is 7.89. The molecule has 8 nitrogen and oxygen atoms in total. The van der Waals surface area contributed by atoms with Gasteiger partial charge in [0.2, 0.25) is 10.0 Å². The first-order valence-corrected chi connectivity index (χ1v) is 12.5. The molecule has 0 bridgehead atoms. The lowest BCUT2D eigenvalue weighted by Gasteiger charge is -2.34. The van der Waals surface area contributed by atoms with Crippen molar-refractivity contribution in [1.82, 2.24) is 9.62 Å². The molecule has 2 amide bonds. The molecule has 2 aromatic rings. The molecule has 1 aliphatic rings. The van der Waals surface area contributed by atoms with E-state index in [1.54, 1.807) is 24.3 Å². The molecular weight excluding hydrogens is 442 g/mol. The number of nitrogens with zero attached hydrogens (tertiary/aromatic N) is 1. The monoisotopic (exact) mass is 473 g/mol. The zero-order valence-corrected chi connectivity index (χ0v) is 20.1. The maximum atomic E-state index is 13.2. The molecule has 0 saturated carbocycles. The van der Waals surface area contributed by atoms with Crippen molar-refractivity contribution in [2.24, 2.45) is 0 Å². The lowest BCUT2D eigenvalue weighted by molar-refractivity contribution is -0.136.